The molecule has 1 aromatic heterocycles. The lowest BCUT2D eigenvalue weighted by atomic mass is 10.1. The van der Waals surface area contributed by atoms with E-state index in [0.717, 1.165) is 31.1 Å². The summed E-state index contributed by atoms with van der Waals surface area (Å²) >= 11 is 1.55. The lowest BCUT2D eigenvalue weighted by Crippen LogP contribution is -2.39. The van der Waals surface area contributed by atoms with Gasteiger partial charge in [-0.1, -0.05) is 11.3 Å². The Morgan fingerprint density at radius 1 is 1.22 bits per heavy atom. The van der Waals surface area contributed by atoms with Crippen LogP contribution in [0.15, 0.2) is 29.8 Å². The molecular formula is C16H15N5OS. The molecule has 3 heterocycles. The average Bonchev–Trinajstić information content (AvgIpc) is 3.31. The van der Waals surface area contributed by atoms with Gasteiger partial charge in [-0.3, -0.25) is 4.79 Å². The summed E-state index contributed by atoms with van der Waals surface area (Å²) in [5.41, 5.74) is 2.97. The second kappa shape index (κ2) is 5.63. The smallest absolute Gasteiger partial charge is 0.254 e. The van der Waals surface area contributed by atoms with E-state index in [-0.39, 0.29) is 11.9 Å². The molecule has 6 nitrogen and oxygen atoms in total. The third-order valence-electron chi connectivity index (χ3n) is 4.69. The SMILES string of the molecule is N#Cc1ccc(C(=O)N2CC[C@@H]3[C@@H]2CCN3c2nncs2)cc1. The van der Waals surface area contributed by atoms with Crippen LogP contribution < -0.4 is 4.90 Å². The van der Waals surface area contributed by atoms with Crippen LogP contribution in [0.2, 0.25) is 0 Å². The maximum atomic E-state index is 12.8. The molecule has 0 aliphatic carbocycles. The molecule has 1 amide bonds. The summed E-state index contributed by atoms with van der Waals surface area (Å²) in [5.74, 6) is 0.0566. The van der Waals surface area contributed by atoms with Crippen LogP contribution in [0.4, 0.5) is 5.13 Å². The first-order valence-corrected chi connectivity index (χ1v) is 8.50. The molecule has 0 bridgehead atoms. The summed E-state index contributed by atoms with van der Waals surface area (Å²) in [6.45, 7) is 1.69. The minimum Gasteiger partial charge on any atom is -0.341 e. The van der Waals surface area contributed by atoms with Gasteiger partial charge in [0.1, 0.15) is 5.51 Å². The molecule has 2 atom stereocenters. The number of carbonyl (C=O) groups is 1. The van der Waals surface area contributed by atoms with Crippen LogP contribution in [0.1, 0.15) is 28.8 Å². The normalized spacial score (nSPS) is 22.9. The van der Waals surface area contributed by atoms with Gasteiger partial charge in [-0.2, -0.15) is 5.26 Å². The van der Waals surface area contributed by atoms with Crippen LogP contribution >= 0.6 is 11.3 Å². The third-order valence-corrected chi connectivity index (χ3v) is 5.42. The number of rotatable bonds is 2. The molecule has 116 valence electrons. The molecule has 1 aromatic carbocycles. The zero-order chi connectivity index (χ0) is 15.8. The van der Waals surface area contributed by atoms with Crippen LogP contribution in [-0.2, 0) is 0 Å². The number of nitriles is 1. The van der Waals surface area contributed by atoms with E-state index in [0.29, 0.717) is 17.2 Å². The molecule has 2 fully saturated rings. The van der Waals surface area contributed by atoms with Crippen LogP contribution in [0.25, 0.3) is 0 Å². The van der Waals surface area contributed by atoms with E-state index in [1.807, 2.05) is 4.90 Å². The molecule has 2 aliphatic rings. The maximum absolute atomic E-state index is 12.8. The van der Waals surface area contributed by atoms with Crippen molar-refractivity contribution in [3.8, 4) is 6.07 Å². The van der Waals surface area contributed by atoms with Gasteiger partial charge < -0.3 is 9.80 Å². The number of amides is 1. The molecular weight excluding hydrogens is 310 g/mol. The van der Waals surface area contributed by atoms with Crippen LogP contribution in [-0.4, -0.2) is 46.2 Å². The van der Waals surface area contributed by atoms with Crippen LogP contribution in [0.5, 0.6) is 0 Å². The van der Waals surface area contributed by atoms with Gasteiger partial charge in [0.05, 0.1) is 23.7 Å². The Kier molecular flexibility index (Phi) is 3.46. The first-order chi connectivity index (χ1) is 11.3. The fourth-order valence-corrected chi connectivity index (χ4v) is 4.27. The van der Waals surface area contributed by atoms with Crippen molar-refractivity contribution in [1.29, 1.82) is 5.26 Å². The molecule has 7 heteroatoms. The summed E-state index contributed by atoms with van der Waals surface area (Å²) in [4.78, 5) is 17.0. The second-order valence-corrected chi connectivity index (χ2v) is 6.63. The predicted octanol–water partition coefficient (Wildman–Crippen LogP) is 1.90. The number of likely N-dealkylation sites (tertiary alicyclic amines) is 1. The maximum Gasteiger partial charge on any atom is 0.254 e. The topological polar surface area (TPSA) is 73.1 Å². The highest BCUT2D eigenvalue weighted by Gasteiger charge is 2.45. The van der Waals surface area contributed by atoms with Gasteiger partial charge in [0, 0.05) is 18.7 Å². The van der Waals surface area contributed by atoms with Gasteiger partial charge in [-0.05, 0) is 37.1 Å². The fraction of sp³-hybridized carbons (Fsp3) is 0.375. The number of fused-ring (bicyclic) bond motifs is 1. The van der Waals surface area contributed by atoms with Crippen LogP contribution in [0.3, 0.4) is 0 Å². The quantitative estimate of drug-likeness (QED) is 0.843. The van der Waals surface area contributed by atoms with Gasteiger partial charge in [-0.25, -0.2) is 0 Å². The highest BCUT2D eigenvalue weighted by atomic mass is 32.1. The Bertz CT molecular complexity index is 752. The molecule has 0 radical (unpaired) electrons. The first-order valence-electron chi connectivity index (χ1n) is 7.62. The van der Waals surface area contributed by atoms with E-state index in [2.05, 4.69) is 21.2 Å². The lowest BCUT2D eigenvalue weighted by molar-refractivity contribution is 0.0737. The summed E-state index contributed by atoms with van der Waals surface area (Å²) in [6, 6.07) is 9.53. The summed E-state index contributed by atoms with van der Waals surface area (Å²) in [6.07, 6.45) is 1.93. The van der Waals surface area contributed by atoms with Crippen molar-refractivity contribution in [3.63, 3.8) is 0 Å². The minimum atomic E-state index is 0.0566. The number of anilines is 1. The Morgan fingerprint density at radius 2 is 2.00 bits per heavy atom. The summed E-state index contributed by atoms with van der Waals surface area (Å²) in [5, 5.41) is 17.9. The van der Waals surface area contributed by atoms with Gasteiger partial charge >= 0.3 is 0 Å². The second-order valence-electron chi connectivity index (χ2n) is 5.81. The molecule has 2 aliphatic heterocycles. The van der Waals surface area contributed by atoms with E-state index in [1.54, 1.807) is 41.1 Å². The standard InChI is InChI=1S/C16H15N5OS/c17-9-11-1-3-12(4-2-11)15(22)20-7-5-14-13(20)6-8-21(14)16-19-18-10-23-16/h1-4,10,13-14H,5-8H2/t13-,14+/m0/s1. The van der Waals surface area contributed by atoms with Crippen molar-refractivity contribution >= 4 is 22.4 Å². The molecule has 4 rings (SSSR count). The number of nitrogens with zero attached hydrogens (tertiary/aromatic N) is 5. The molecule has 2 aromatic rings. The highest BCUT2D eigenvalue weighted by Crippen LogP contribution is 2.36. The van der Waals surface area contributed by atoms with Gasteiger partial charge in [-0.15, -0.1) is 10.2 Å². The van der Waals surface area contributed by atoms with Crippen molar-refractivity contribution < 1.29 is 4.79 Å². The van der Waals surface area contributed by atoms with E-state index < -0.39 is 0 Å². The van der Waals surface area contributed by atoms with Gasteiger partial charge in [0.15, 0.2) is 0 Å². The van der Waals surface area contributed by atoms with Gasteiger partial charge in [0.2, 0.25) is 5.13 Å². The lowest BCUT2D eigenvalue weighted by Gasteiger charge is -2.25. The monoisotopic (exact) mass is 325 g/mol. The van der Waals surface area contributed by atoms with E-state index in [1.165, 1.54) is 0 Å². The Morgan fingerprint density at radius 3 is 2.70 bits per heavy atom. The number of benzene rings is 1. The third kappa shape index (κ3) is 2.35. The zero-order valence-corrected chi connectivity index (χ0v) is 13.2. The van der Waals surface area contributed by atoms with E-state index >= 15 is 0 Å². The van der Waals surface area contributed by atoms with Crippen molar-refractivity contribution in [1.82, 2.24) is 15.1 Å². The van der Waals surface area contributed by atoms with Crippen LogP contribution in [0, 0.1) is 11.3 Å². The number of aromatic nitrogens is 2. The van der Waals surface area contributed by atoms with Crippen molar-refractivity contribution in [2.45, 2.75) is 24.9 Å². The molecule has 0 N–H and O–H groups in total. The van der Waals surface area contributed by atoms with Crippen molar-refractivity contribution in [2.75, 3.05) is 18.0 Å². The van der Waals surface area contributed by atoms with Crippen molar-refractivity contribution in [2.24, 2.45) is 0 Å². The number of hydrogen-bond donors (Lipinski definition) is 0. The van der Waals surface area contributed by atoms with E-state index in [9.17, 15) is 4.79 Å². The Balaban J connectivity index is 1.53. The largest absolute Gasteiger partial charge is 0.341 e. The Hall–Kier alpha value is -2.46. The van der Waals surface area contributed by atoms with E-state index in [4.69, 9.17) is 5.26 Å². The highest BCUT2D eigenvalue weighted by molar-refractivity contribution is 7.13. The first kappa shape index (κ1) is 14.2. The predicted molar refractivity (Wildman–Crippen MR) is 86.3 cm³/mol. The molecule has 0 spiro atoms. The Labute approximate surface area is 138 Å². The number of carbonyl (C=O) groups excluding carboxylic acids is 1. The van der Waals surface area contributed by atoms with Crippen molar-refractivity contribution in [3.05, 3.63) is 40.9 Å². The molecule has 2 saturated heterocycles. The molecule has 0 saturated carbocycles. The molecule has 0 unspecified atom stereocenters. The fourth-order valence-electron chi connectivity index (χ4n) is 3.62. The minimum absolute atomic E-state index is 0.0566. The molecule has 23 heavy (non-hydrogen) atoms. The number of hydrogen-bond acceptors (Lipinski definition) is 6. The average molecular weight is 325 g/mol. The van der Waals surface area contributed by atoms with Gasteiger partial charge in [0.25, 0.3) is 5.91 Å². The zero-order valence-electron chi connectivity index (χ0n) is 12.4. The summed E-state index contributed by atoms with van der Waals surface area (Å²) < 4.78 is 0. The summed E-state index contributed by atoms with van der Waals surface area (Å²) in [7, 11) is 0.